The number of nitrogens with zero attached hydrogens (tertiary/aromatic N) is 2. The van der Waals surface area contributed by atoms with Crippen LogP contribution in [-0.4, -0.2) is 44.7 Å². The number of rotatable bonds is 7. The van der Waals surface area contributed by atoms with Gasteiger partial charge in [0.1, 0.15) is 0 Å². The summed E-state index contributed by atoms with van der Waals surface area (Å²) in [5, 5.41) is 6.67. The first-order chi connectivity index (χ1) is 13.5. The fourth-order valence-electron chi connectivity index (χ4n) is 3.54. The molecular weight excluding hydrogens is 372 g/mol. The highest BCUT2D eigenvalue weighted by Gasteiger charge is 2.24. The Morgan fingerprint density at radius 3 is 2.29 bits per heavy atom. The van der Waals surface area contributed by atoms with Gasteiger partial charge in [-0.15, -0.1) is 0 Å². The standard InChI is InChI=1S/C22H29ClN4O/c1-26(2)20-11-7-18(8-12-20)21(27-13-3-4-14-27)16-25-22(28)24-15-17-5-9-19(23)10-6-17/h5-12,21H,3-4,13-16H2,1-2H3,(H2,24,25,28). The van der Waals surface area contributed by atoms with Crippen molar-refractivity contribution in [2.75, 3.05) is 38.6 Å². The van der Waals surface area contributed by atoms with Crippen LogP contribution in [0.1, 0.15) is 30.0 Å². The second-order valence-corrected chi connectivity index (χ2v) is 7.87. The zero-order valence-corrected chi connectivity index (χ0v) is 17.4. The molecule has 0 aliphatic carbocycles. The van der Waals surface area contributed by atoms with Gasteiger partial charge in [0, 0.05) is 37.9 Å². The lowest BCUT2D eigenvalue weighted by Crippen LogP contribution is -2.41. The number of amides is 2. The molecule has 2 N–H and O–H groups in total. The van der Waals surface area contributed by atoms with Crippen molar-refractivity contribution in [2.24, 2.45) is 0 Å². The summed E-state index contributed by atoms with van der Waals surface area (Å²) in [4.78, 5) is 16.9. The summed E-state index contributed by atoms with van der Waals surface area (Å²) >= 11 is 5.90. The highest BCUT2D eigenvalue weighted by atomic mass is 35.5. The van der Waals surface area contributed by atoms with Gasteiger partial charge in [0.05, 0.1) is 6.04 Å². The number of carbonyl (C=O) groups is 1. The Morgan fingerprint density at radius 1 is 1.04 bits per heavy atom. The third kappa shape index (κ3) is 5.63. The number of halogens is 1. The maximum atomic E-state index is 12.3. The smallest absolute Gasteiger partial charge is 0.315 e. The van der Waals surface area contributed by atoms with Crippen LogP contribution < -0.4 is 15.5 Å². The van der Waals surface area contributed by atoms with E-state index in [1.807, 2.05) is 38.4 Å². The molecule has 2 aromatic carbocycles. The van der Waals surface area contributed by atoms with Crippen LogP contribution in [0.25, 0.3) is 0 Å². The van der Waals surface area contributed by atoms with Crippen molar-refractivity contribution in [3.05, 3.63) is 64.7 Å². The largest absolute Gasteiger partial charge is 0.378 e. The molecule has 3 rings (SSSR count). The van der Waals surface area contributed by atoms with Crippen molar-refractivity contribution >= 4 is 23.3 Å². The van der Waals surface area contributed by atoms with E-state index in [-0.39, 0.29) is 12.1 Å². The number of carbonyl (C=O) groups excluding carboxylic acids is 1. The molecular formula is C22H29ClN4O. The van der Waals surface area contributed by atoms with Crippen molar-refractivity contribution in [1.29, 1.82) is 0 Å². The number of benzene rings is 2. The highest BCUT2D eigenvalue weighted by molar-refractivity contribution is 6.30. The summed E-state index contributed by atoms with van der Waals surface area (Å²) in [7, 11) is 4.08. The van der Waals surface area contributed by atoms with Crippen LogP contribution in [0, 0.1) is 0 Å². The minimum absolute atomic E-state index is 0.149. The molecule has 0 spiro atoms. The van der Waals surface area contributed by atoms with Crippen LogP contribution in [0.4, 0.5) is 10.5 Å². The van der Waals surface area contributed by atoms with Crippen molar-refractivity contribution < 1.29 is 4.79 Å². The van der Waals surface area contributed by atoms with Crippen LogP contribution in [0.5, 0.6) is 0 Å². The normalized spacial score (nSPS) is 15.2. The Morgan fingerprint density at radius 2 is 1.68 bits per heavy atom. The molecule has 2 amide bonds. The molecule has 1 unspecified atom stereocenters. The maximum absolute atomic E-state index is 12.3. The number of anilines is 1. The fourth-order valence-corrected chi connectivity index (χ4v) is 3.67. The number of nitrogens with one attached hydrogen (secondary N) is 2. The SMILES string of the molecule is CN(C)c1ccc(C(CNC(=O)NCc2ccc(Cl)cc2)N2CCCC2)cc1. The molecule has 28 heavy (non-hydrogen) atoms. The summed E-state index contributed by atoms with van der Waals surface area (Å²) in [5.74, 6) is 0. The molecule has 1 aliphatic rings. The number of urea groups is 1. The molecule has 1 aliphatic heterocycles. The van der Waals surface area contributed by atoms with Gasteiger partial charge < -0.3 is 15.5 Å². The summed E-state index contributed by atoms with van der Waals surface area (Å²) < 4.78 is 0. The Labute approximate surface area is 172 Å². The molecule has 1 saturated heterocycles. The first-order valence-electron chi connectivity index (χ1n) is 9.80. The molecule has 5 nitrogen and oxygen atoms in total. The Balaban J connectivity index is 1.58. The van der Waals surface area contributed by atoms with Crippen LogP contribution in [0.2, 0.25) is 5.02 Å². The van der Waals surface area contributed by atoms with Crippen molar-refractivity contribution in [1.82, 2.24) is 15.5 Å². The van der Waals surface area contributed by atoms with Gasteiger partial charge >= 0.3 is 6.03 Å². The third-order valence-corrected chi connectivity index (χ3v) is 5.45. The van der Waals surface area contributed by atoms with Gasteiger partial charge in [-0.1, -0.05) is 35.9 Å². The first-order valence-corrected chi connectivity index (χ1v) is 10.2. The average molecular weight is 401 g/mol. The number of hydrogen-bond acceptors (Lipinski definition) is 3. The summed E-state index contributed by atoms with van der Waals surface area (Å²) in [6.07, 6.45) is 2.43. The minimum atomic E-state index is -0.149. The Bertz CT molecular complexity index is 755. The van der Waals surface area contributed by atoms with Gasteiger partial charge in [-0.05, 0) is 61.3 Å². The van der Waals surface area contributed by atoms with Crippen LogP contribution in [0.15, 0.2) is 48.5 Å². The van der Waals surface area contributed by atoms with E-state index in [0.717, 1.165) is 18.7 Å². The molecule has 0 bridgehead atoms. The molecule has 1 heterocycles. The van der Waals surface area contributed by atoms with Gasteiger partial charge in [0.2, 0.25) is 0 Å². The van der Waals surface area contributed by atoms with Crippen molar-refractivity contribution in [3.8, 4) is 0 Å². The van der Waals surface area contributed by atoms with Gasteiger partial charge in [-0.3, -0.25) is 4.90 Å². The lowest BCUT2D eigenvalue weighted by molar-refractivity contribution is 0.220. The second-order valence-electron chi connectivity index (χ2n) is 7.43. The quantitative estimate of drug-likeness (QED) is 0.737. The Hall–Kier alpha value is -2.24. The predicted octanol–water partition coefficient (Wildman–Crippen LogP) is 4.04. The Kier molecular flexibility index (Phi) is 7.18. The third-order valence-electron chi connectivity index (χ3n) is 5.20. The predicted molar refractivity (Wildman–Crippen MR) is 116 cm³/mol. The molecule has 0 aromatic heterocycles. The first kappa shape index (κ1) is 20.5. The van der Waals surface area contributed by atoms with Gasteiger partial charge in [-0.2, -0.15) is 0 Å². The second kappa shape index (κ2) is 9.80. The van der Waals surface area contributed by atoms with E-state index in [9.17, 15) is 4.79 Å². The summed E-state index contributed by atoms with van der Waals surface area (Å²) in [6, 6.07) is 16.2. The molecule has 6 heteroatoms. The highest BCUT2D eigenvalue weighted by Crippen LogP contribution is 2.26. The molecule has 1 atom stereocenters. The van der Waals surface area contributed by atoms with E-state index in [0.29, 0.717) is 18.1 Å². The van der Waals surface area contributed by atoms with Crippen molar-refractivity contribution in [3.63, 3.8) is 0 Å². The topological polar surface area (TPSA) is 47.6 Å². The zero-order chi connectivity index (χ0) is 19.9. The average Bonchev–Trinajstić information content (AvgIpc) is 3.22. The van der Waals surface area contributed by atoms with E-state index in [1.54, 1.807) is 0 Å². The summed E-state index contributed by atoms with van der Waals surface area (Å²) in [6.45, 7) is 3.23. The van der Waals surface area contributed by atoms with Crippen LogP contribution in [-0.2, 0) is 6.54 Å². The molecule has 2 aromatic rings. The minimum Gasteiger partial charge on any atom is -0.378 e. The van der Waals surface area contributed by atoms with E-state index >= 15 is 0 Å². The van der Waals surface area contributed by atoms with E-state index < -0.39 is 0 Å². The fraction of sp³-hybridized carbons (Fsp3) is 0.409. The lowest BCUT2D eigenvalue weighted by atomic mass is 10.0. The number of hydrogen-bond donors (Lipinski definition) is 2. The van der Waals surface area contributed by atoms with Crippen LogP contribution >= 0.6 is 11.6 Å². The van der Waals surface area contributed by atoms with E-state index in [1.165, 1.54) is 24.1 Å². The monoisotopic (exact) mass is 400 g/mol. The molecule has 150 valence electrons. The van der Waals surface area contributed by atoms with Crippen molar-refractivity contribution in [2.45, 2.75) is 25.4 Å². The molecule has 0 radical (unpaired) electrons. The van der Waals surface area contributed by atoms with Gasteiger partial charge in [-0.25, -0.2) is 4.79 Å². The van der Waals surface area contributed by atoms with E-state index in [4.69, 9.17) is 11.6 Å². The zero-order valence-electron chi connectivity index (χ0n) is 16.6. The van der Waals surface area contributed by atoms with Gasteiger partial charge in [0.15, 0.2) is 0 Å². The maximum Gasteiger partial charge on any atom is 0.315 e. The number of likely N-dealkylation sites (tertiary alicyclic amines) is 1. The summed E-state index contributed by atoms with van der Waals surface area (Å²) in [5.41, 5.74) is 3.44. The van der Waals surface area contributed by atoms with E-state index in [2.05, 4.69) is 44.7 Å². The molecule has 0 saturated carbocycles. The van der Waals surface area contributed by atoms with Crippen LogP contribution in [0.3, 0.4) is 0 Å². The lowest BCUT2D eigenvalue weighted by Gasteiger charge is -2.28. The molecule has 1 fully saturated rings. The van der Waals surface area contributed by atoms with Gasteiger partial charge in [0.25, 0.3) is 0 Å².